The number of aromatic nitrogens is 1. The van der Waals surface area contributed by atoms with Crippen LogP contribution >= 0.6 is 0 Å². The standard InChI is InChI=1S/C27H30FN3O3/c1-33-22-8-6-7-21(19-22)26(24-10-4-5-14-30-24)31(27(32)20-12-15-29-16-13-20)17-18-34-25-11-3-2-9-23(25)28/h2-11,14,19-20,26,29H,12-13,15-18H2,1H3/t26-/m0/s1. The van der Waals surface area contributed by atoms with Crippen molar-refractivity contribution < 1.29 is 18.7 Å². The second-order valence-corrected chi connectivity index (χ2v) is 8.27. The van der Waals surface area contributed by atoms with Crippen LogP contribution in [0.3, 0.4) is 0 Å². The first-order valence-corrected chi connectivity index (χ1v) is 11.6. The van der Waals surface area contributed by atoms with Crippen LogP contribution in [-0.4, -0.2) is 49.1 Å². The minimum atomic E-state index is -0.428. The molecule has 6 nitrogen and oxygen atoms in total. The maximum Gasteiger partial charge on any atom is 0.226 e. The van der Waals surface area contributed by atoms with E-state index in [1.54, 1.807) is 31.5 Å². The van der Waals surface area contributed by atoms with Crippen molar-refractivity contribution in [3.8, 4) is 11.5 Å². The lowest BCUT2D eigenvalue weighted by Crippen LogP contribution is -2.45. The lowest BCUT2D eigenvalue weighted by atomic mass is 9.93. The lowest BCUT2D eigenvalue weighted by Gasteiger charge is -2.35. The fraction of sp³-hybridized carbons (Fsp3) is 0.333. The molecule has 7 heteroatoms. The summed E-state index contributed by atoms with van der Waals surface area (Å²) in [7, 11) is 1.62. The van der Waals surface area contributed by atoms with Crippen molar-refractivity contribution in [2.45, 2.75) is 18.9 Å². The van der Waals surface area contributed by atoms with E-state index in [9.17, 15) is 9.18 Å². The topological polar surface area (TPSA) is 63.7 Å². The molecule has 1 saturated heterocycles. The summed E-state index contributed by atoms with van der Waals surface area (Å²) in [5.74, 6) is 0.416. The van der Waals surface area contributed by atoms with Crippen LogP contribution in [0, 0.1) is 11.7 Å². The van der Waals surface area contributed by atoms with Crippen molar-refractivity contribution in [2.24, 2.45) is 5.92 Å². The van der Waals surface area contributed by atoms with Crippen LogP contribution < -0.4 is 14.8 Å². The smallest absolute Gasteiger partial charge is 0.226 e. The van der Waals surface area contributed by atoms with Crippen molar-refractivity contribution in [1.29, 1.82) is 0 Å². The van der Waals surface area contributed by atoms with Gasteiger partial charge in [-0.3, -0.25) is 9.78 Å². The molecule has 1 atom stereocenters. The molecule has 178 valence electrons. The molecule has 1 amide bonds. The summed E-state index contributed by atoms with van der Waals surface area (Å²) in [5, 5.41) is 3.32. The van der Waals surface area contributed by atoms with Gasteiger partial charge in [0.05, 0.1) is 25.4 Å². The minimum Gasteiger partial charge on any atom is -0.497 e. The van der Waals surface area contributed by atoms with E-state index < -0.39 is 11.9 Å². The molecule has 1 aliphatic rings. The van der Waals surface area contributed by atoms with Crippen molar-refractivity contribution in [3.05, 3.63) is 90.0 Å². The average Bonchev–Trinajstić information content (AvgIpc) is 2.90. The quantitative estimate of drug-likeness (QED) is 0.515. The molecule has 4 rings (SSSR count). The third-order valence-corrected chi connectivity index (χ3v) is 6.09. The molecule has 2 heterocycles. The zero-order valence-corrected chi connectivity index (χ0v) is 19.3. The molecule has 34 heavy (non-hydrogen) atoms. The maximum absolute atomic E-state index is 14.1. The Morgan fingerprint density at radius 3 is 2.65 bits per heavy atom. The summed E-state index contributed by atoms with van der Waals surface area (Å²) in [6, 6.07) is 19.2. The zero-order chi connectivity index (χ0) is 23.8. The second-order valence-electron chi connectivity index (χ2n) is 8.27. The van der Waals surface area contributed by atoms with Crippen molar-refractivity contribution >= 4 is 5.91 Å². The van der Waals surface area contributed by atoms with Gasteiger partial charge in [0.1, 0.15) is 12.4 Å². The first kappa shape index (κ1) is 23.7. The number of methoxy groups -OCH3 is 1. The van der Waals surface area contributed by atoms with E-state index in [4.69, 9.17) is 9.47 Å². The summed E-state index contributed by atoms with van der Waals surface area (Å²) in [4.78, 5) is 20.3. The molecule has 2 aromatic carbocycles. The number of rotatable bonds is 9. The molecule has 0 bridgehead atoms. The van der Waals surface area contributed by atoms with Crippen molar-refractivity contribution in [3.63, 3.8) is 0 Å². The van der Waals surface area contributed by atoms with Crippen molar-refractivity contribution in [2.75, 3.05) is 33.4 Å². The number of benzene rings is 2. The highest BCUT2D eigenvalue weighted by atomic mass is 19.1. The van der Waals surface area contributed by atoms with Crippen LogP contribution in [0.1, 0.15) is 30.1 Å². The van der Waals surface area contributed by atoms with E-state index >= 15 is 0 Å². The SMILES string of the molecule is COc1cccc([C@@H](c2ccccn2)N(CCOc2ccccc2F)C(=O)C2CCNCC2)c1. The Morgan fingerprint density at radius 2 is 1.91 bits per heavy atom. The zero-order valence-electron chi connectivity index (χ0n) is 19.3. The number of hydrogen-bond donors (Lipinski definition) is 1. The number of hydrogen-bond acceptors (Lipinski definition) is 5. The van der Waals surface area contributed by atoms with Gasteiger partial charge >= 0.3 is 0 Å². The Bertz CT molecular complexity index is 1070. The molecule has 1 fully saturated rings. The van der Waals surface area contributed by atoms with E-state index in [2.05, 4.69) is 10.3 Å². The van der Waals surface area contributed by atoms with Gasteiger partial charge in [-0.2, -0.15) is 0 Å². The number of nitrogens with one attached hydrogen (secondary N) is 1. The van der Waals surface area contributed by atoms with Gasteiger partial charge in [0.2, 0.25) is 5.91 Å². The summed E-state index contributed by atoms with van der Waals surface area (Å²) < 4.78 is 25.3. The van der Waals surface area contributed by atoms with Gasteiger partial charge in [-0.25, -0.2) is 4.39 Å². The molecule has 1 N–H and O–H groups in total. The predicted molar refractivity (Wildman–Crippen MR) is 128 cm³/mol. The number of nitrogens with zero attached hydrogens (tertiary/aromatic N) is 2. The fourth-order valence-electron chi connectivity index (χ4n) is 4.35. The van der Waals surface area contributed by atoms with Gasteiger partial charge in [0.25, 0.3) is 0 Å². The number of pyridine rings is 1. The summed E-state index contributed by atoms with van der Waals surface area (Å²) in [6.45, 7) is 2.06. The normalized spacial score (nSPS) is 14.9. The number of carbonyl (C=O) groups excluding carboxylic acids is 1. The van der Waals surface area contributed by atoms with Crippen molar-refractivity contribution in [1.82, 2.24) is 15.2 Å². The molecular formula is C27H30FN3O3. The molecule has 1 aliphatic heterocycles. The average molecular weight is 464 g/mol. The Kier molecular flexibility index (Phi) is 8.09. The van der Waals surface area contributed by atoms with Gasteiger partial charge in [-0.05, 0) is 67.9 Å². The van der Waals surface area contributed by atoms with Gasteiger partial charge in [-0.15, -0.1) is 0 Å². The van der Waals surface area contributed by atoms with E-state index in [-0.39, 0.29) is 30.7 Å². The number of carbonyl (C=O) groups is 1. The maximum atomic E-state index is 14.1. The molecule has 0 spiro atoms. The van der Waals surface area contributed by atoms with Crippen LogP contribution in [0.25, 0.3) is 0 Å². The third kappa shape index (κ3) is 5.72. The number of piperidine rings is 1. The highest BCUT2D eigenvalue weighted by molar-refractivity contribution is 5.80. The fourth-order valence-corrected chi connectivity index (χ4v) is 4.35. The monoisotopic (exact) mass is 463 g/mol. The summed E-state index contributed by atoms with van der Waals surface area (Å²) >= 11 is 0. The molecule has 0 aliphatic carbocycles. The van der Waals surface area contributed by atoms with Crippen LogP contribution in [0.5, 0.6) is 11.5 Å². The Labute approximate surface area is 199 Å². The third-order valence-electron chi connectivity index (χ3n) is 6.09. The van der Waals surface area contributed by atoms with E-state index in [1.807, 2.05) is 47.4 Å². The van der Waals surface area contributed by atoms with Gasteiger partial charge < -0.3 is 19.7 Å². The largest absolute Gasteiger partial charge is 0.497 e. The predicted octanol–water partition coefficient (Wildman–Crippen LogP) is 4.23. The highest BCUT2D eigenvalue weighted by Gasteiger charge is 2.33. The molecule has 0 unspecified atom stereocenters. The Hall–Kier alpha value is -3.45. The van der Waals surface area contributed by atoms with Gasteiger partial charge in [0.15, 0.2) is 11.6 Å². The summed E-state index contributed by atoms with van der Waals surface area (Å²) in [6.07, 6.45) is 3.28. The number of amides is 1. The molecule has 0 radical (unpaired) electrons. The van der Waals surface area contributed by atoms with E-state index in [0.717, 1.165) is 37.2 Å². The van der Waals surface area contributed by atoms with Gasteiger partial charge in [-0.1, -0.05) is 30.3 Å². The highest BCUT2D eigenvalue weighted by Crippen LogP contribution is 2.32. The number of halogens is 1. The molecule has 1 aromatic heterocycles. The second kappa shape index (κ2) is 11.6. The Morgan fingerprint density at radius 1 is 1.12 bits per heavy atom. The first-order valence-electron chi connectivity index (χ1n) is 11.6. The van der Waals surface area contributed by atoms with E-state index in [0.29, 0.717) is 5.75 Å². The Balaban J connectivity index is 1.67. The minimum absolute atomic E-state index is 0.0529. The lowest BCUT2D eigenvalue weighted by molar-refractivity contribution is -0.138. The molecule has 0 saturated carbocycles. The van der Waals surface area contributed by atoms with Crippen LogP contribution in [-0.2, 0) is 4.79 Å². The van der Waals surface area contributed by atoms with Crippen LogP contribution in [0.4, 0.5) is 4.39 Å². The molecule has 3 aromatic rings. The van der Waals surface area contributed by atoms with E-state index in [1.165, 1.54) is 6.07 Å². The van der Waals surface area contributed by atoms with Crippen LogP contribution in [0.15, 0.2) is 72.9 Å². The summed E-state index contributed by atoms with van der Waals surface area (Å²) in [5.41, 5.74) is 1.65. The molecular weight excluding hydrogens is 433 g/mol. The number of ether oxygens (including phenoxy) is 2. The van der Waals surface area contributed by atoms with Gasteiger partial charge in [0, 0.05) is 12.1 Å². The first-order chi connectivity index (χ1) is 16.7. The number of para-hydroxylation sites is 1. The van der Waals surface area contributed by atoms with Crippen LogP contribution in [0.2, 0.25) is 0 Å².